The average molecular weight is 334 g/mol. The number of nitrogens with zero attached hydrogens (tertiary/aromatic N) is 1. The molecule has 122 valence electrons. The molecule has 3 rings (SSSR count). The van der Waals surface area contributed by atoms with Crippen LogP contribution in [0.2, 0.25) is 5.02 Å². The van der Waals surface area contributed by atoms with Crippen LogP contribution in [0, 0.1) is 5.92 Å². The lowest BCUT2D eigenvalue weighted by Crippen LogP contribution is -2.38. The van der Waals surface area contributed by atoms with E-state index in [1.165, 1.54) is 0 Å². The number of carbonyl (C=O) groups is 1. The zero-order valence-electron chi connectivity index (χ0n) is 12.9. The Balaban J connectivity index is 1.63. The second-order valence-corrected chi connectivity index (χ2v) is 6.41. The van der Waals surface area contributed by atoms with Gasteiger partial charge in [-0.15, -0.1) is 0 Å². The molecule has 23 heavy (non-hydrogen) atoms. The topological polar surface area (TPSA) is 49.8 Å². The monoisotopic (exact) mass is 333 g/mol. The SMILES string of the molecule is O=C(/C=C/C1=Cc2cc(Cl)ccc2OC1)N1CCC(CO)CC1. The summed E-state index contributed by atoms with van der Waals surface area (Å²) in [6, 6.07) is 5.51. The molecule has 4 nitrogen and oxygen atoms in total. The molecule has 1 aromatic carbocycles. The van der Waals surface area contributed by atoms with Crippen molar-refractivity contribution in [1.82, 2.24) is 4.90 Å². The molecule has 2 heterocycles. The number of rotatable bonds is 3. The van der Waals surface area contributed by atoms with Crippen LogP contribution in [0.15, 0.2) is 35.9 Å². The van der Waals surface area contributed by atoms with Crippen molar-refractivity contribution in [3.63, 3.8) is 0 Å². The number of hydrogen-bond donors (Lipinski definition) is 1. The maximum atomic E-state index is 12.2. The number of piperidine rings is 1. The van der Waals surface area contributed by atoms with E-state index in [2.05, 4.69) is 0 Å². The molecule has 0 aliphatic carbocycles. The van der Waals surface area contributed by atoms with E-state index in [0.717, 1.165) is 29.7 Å². The third kappa shape index (κ3) is 3.95. The highest BCUT2D eigenvalue weighted by atomic mass is 35.5. The number of carbonyl (C=O) groups excluding carboxylic acids is 1. The van der Waals surface area contributed by atoms with Crippen molar-refractivity contribution in [2.24, 2.45) is 5.92 Å². The number of hydrogen-bond acceptors (Lipinski definition) is 3. The molecule has 0 radical (unpaired) electrons. The maximum absolute atomic E-state index is 12.2. The van der Waals surface area contributed by atoms with Crippen LogP contribution in [0.4, 0.5) is 0 Å². The lowest BCUT2D eigenvalue weighted by molar-refractivity contribution is -0.127. The maximum Gasteiger partial charge on any atom is 0.246 e. The minimum absolute atomic E-state index is 0.0131. The van der Waals surface area contributed by atoms with Crippen molar-refractivity contribution >= 4 is 23.6 Å². The van der Waals surface area contributed by atoms with Gasteiger partial charge in [0.15, 0.2) is 0 Å². The molecule has 1 amide bonds. The molecule has 1 fully saturated rings. The van der Waals surface area contributed by atoms with E-state index in [0.29, 0.717) is 30.6 Å². The normalized spacial score (nSPS) is 18.5. The predicted molar refractivity (Wildman–Crippen MR) is 90.5 cm³/mol. The van der Waals surface area contributed by atoms with Gasteiger partial charge in [-0.05, 0) is 48.6 Å². The second-order valence-electron chi connectivity index (χ2n) is 5.97. The summed E-state index contributed by atoms with van der Waals surface area (Å²) >= 11 is 6.00. The lowest BCUT2D eigenvalue weighted by Gasteiger charge is -2.30. The summed E-state index contributed by atoms with van der Waals surface area (Å²) in [5.41, 5.74) is 1.87. The molecule has 0 spiro atoms. The van der Waals surface area contributed by atoms with Crippen LogP contribution in [0.1, 0.15) is 18.4 Å². The Labute approximate surface area is 141 Å². The van der Waals surface area contributed by atoms with Crippen LogP contribution in [0.5, 0.6) is 5.75 Å². The van der Waals surface area contributed by atoms with Crippen LogP contribution in [-0.2, 0) is 4.79 Å². The summed E-state index contributed by atoms with van der Waals surface area (Å²) in [5, 5.41) is 9.80. The summed E-state index contributed by atoms with van der Waals surface area (Å²) in [7, 11) is 0. The van der Waals surface area contributed by atoms with Crippen molar-refractivity contribution in [2.75, 3.05) is 26.3 Å². The van der Waals surface area contributed by atoms with Crippen molar-refractivity contribution in [2.45, 2.75) is 12.8 Å². The highest BCUT2D eigenvalue weighted by Gasteiger charge is 2.20. The zero-order chi connectivity index (χ0) is 16.2. The molecular formula is C18H20ClNO3. The molecule has 0 bridgehead atoms. The predicted octanol–water partition coefficient (Wildman–Crippen LogP) is 2.90. The van der Waals surface area contributed by atoms with E-state index in [-0.39, 0.29) is 12.5 Å². The summed E-state index contributed by atoms with van der Waals surface area (Å²) in [6.45, 7) is 2.08. The van der Waals surface area contributed by atoms with Crippen molar-refractivity contribution in [1.29, 1.82) is 0 Å². The van der Waals surface area contributed by atoms with Crippen LogP contribution in [-0.4, -0.2) is 42.2 Å². The molecule has 0 aromatic heterocycles. The van der Waals surface area contributed by atoms with Crippen LogP contribution < -0.4 is 4.74 Å². The first kappa shape index (κ1) is 16.1. The molecule has 0 atom stereocenters. The van der Waals surface area contributed by atoms with Gasteiger partial charge in [0.05, 0.1) is 0 Å². The molecule has 1 N–H and O–H groups in total. The first-order chi connectivity index (χ1) is 11.2. The quantitative estimate of drug-likeness (QED) is 0.865. The number of aliphatic hydroxyl groups excluding tert-OH is 1. The van der Waals surface area contributed by atoms with Gasteiger partial charge in [0.2, 0.25) is 5.91 Å². The molecule has 2 aliphatic heterocycles. The Kier molecular flexibility index (Phi) is 5.03. The number of likely N-dealkylation sites (tertiary alicyclic amines) is 1. The molecule has 0 saturated carbocycles. The Morgan fingerprint density at radius 3 is 2.91 bits per heavy atom. The molecular weight excluding hydrogens is 314 g/mol. The van der Waals surface area contributed by atoms with E-state index in [1.807, 2.05) is 29.2 Å². The second kappa shape index (κ2) is 7.20. The van der Waals surface area contributed by atoms with Gasteiger partial charge in [-0.2, -0.15) is 0 Å². The van der Waals surface area contributed by atoms with Crippen molar-refractivity contribution < 1.29 is 14.6 Å². The van der Waals surface area contributed by atoms with Crippen molar-refractivity contribution in [3.8, 4) is 5.75 Å². The summed E-state index contributed by atoms with van der Waals surface area (Å²) in [5.74, 6) is 1.15. The smallest absolute Gasteiger partial charge is 0.246 e. The van der Waals surface area contributed by atoms with E-state index in [1.54, 1.807) is 12.1 Å². The van der Waals surface area contributed by atoms with Crippen molar-refractivity contribution in [3.05, 3.63) is 46.5 Å². The molecule has 1 aromatic rings. The number of benzene rings is 1. The number of fused-ring (bicyclic) bond motifs is 1. The molecule has 1 saturated heterocycles. The van der Waals surface area contributed by atoms with Gasteiger partial charge >= 0.3 is 0 Å². The fourth-order valence-corrected chi connectivity index (χ4v) is 3.06. The van der Waals surface area contributed by atoms with Crippen LogP contribution in [0.3, 0.4) is 0 Å². The van der Waals surface area contributed by atoms with Gasteiger partial charge in [0.1, 0.15) is 12.4 Å². The van der Waals surface area contributed by atoms with Gasteiger partial charge in [-0.3, -0.25) is 4.79 Å². The third-order valence-corrected chi connectivity index (χ3v) is 4.57. The molecule has 5 heteroatoms. The number of aliphatic hydroxyl groups is 1. The van der Waals surface area contributed by atoms with Gasteiger partial charge in [0.25, 0.3) is 0 Å². The van der Waals surface area contributed by atoms with Gasteiger partial charge < -0.3 is 14.7 Å². The fraction of sp³-hybridized carbons (Fsp3) is 0.389. The summed E-state index contributed by atoms with van der Waals surface area (Å²) < 4.78 is 5.67. The first-order valence-electron chi connectivity index (χ1n) is 7.86. The van der Waals surface area contributed by atoms with Gasteiger partial charge in [0, 0.05) is 36.4 Å². The van der Waals surface area contributed by atoms with E-state index >= 15 is 0 Å². The zero-order valence-corrected chi connectivity index (χ0v) is 13.6. The highest BCUT2D eigenvalue weighted by molar-refractivity contribution is 6.30. The minimum Gasteiger partial charge on any atom is -0.488 e. The number of amides is 1. The Bertz CT molecular complexity index is 646. The van der Waals surface area contributed by atoms with E-state index in [4.69, 9.17) is 21.4 Å². The van der Waals surface area contributed by atoms with Crippen LogP contribution in [0.25, 0.3) is 6.08 Å². The molecule has 0 unspecified atom stereocenters. The summed E-state index contributed by atoms with van der Waals surface area (Å²) in [6.07, 6.45) is 7.14. The van der Waals surface area contributed by atoms with E-state index in [9.17, 15) is 4.79 Å². The number of ether oxygens (including phenoxy) is 1. The Morgan fingerprint density at radius 1 is 1.39 bits per heavy atom. The lowest BCUT2D eigenvalue weighted by atomic mass is 9.98. The average Bonchev–Trinajstić information content (AvgIpc) is 2.59. The van der Waals surface area contributed by atoms with Gasteiger partial charge in [-0.1, -0.05) is 17.7 Å². The molecule has 2 aliphatic rings. The highest BCUT2D eigenvalue weighted by Crippen LogP contribution is 2.29. The first-order valence-corrected chi connectivity index (χ1v) is 8.24. The van der Waals surface area contributed by atoms with Gasteiger partial charge in [-0.25, -0.2) is 0 Å². The Hall–Kier alpha value is -1.78. The standard InChI is InChI=1S/C18H20ClNO3/c19-16-2-3-17-15(10-16)9-14(12-23-17)1-4-18(22)20-7-5-13(11-21)6-8-20/h1-4,9-10,13,21H,5-8,11-12H2/b4-1+. The Morgan fingerprint density at radius 2 is 2.17 bits per heavy atom. The summed E-state index contributed by atoms with van der Waals surface area (Å²) in [4.78, 5) is 14.1. The number of halogens is 1. The minimum atomic E-state index is 0.0131. The largest absolute Gasteiger partial charge is 0.488 e. The third-order valence-electron chi connectivity index (χ3n) is 4.33. The fourth-order valence-electron chi connectivity index (χ4n) is 2.88. The van der Waals surface area contributed by atoms with E-state index < -0.39 is 0 Å². The van der Waals surface area contributed by atoms with Crippen LogP contribution >= 0.6 is 11.6 Å².